The molecule has 0 atom stereocenters. The molecule has 0 bridgehead atoms. The lowest BCUT2D eigenvalue weighted by atomic mass is 10.2. The predicted molar refractivity (Wildman–Crippen MR) is 100 cm³/mol. The molecular weight excluding hydrogens is 394 g/mol. The third-order valence-corrected chi connectivity index (χ3v) is 5.12. The molecule has 0 fully saturated rings. The van der Waals surface area contributed by atoms with Crippen molar-refractivity contribution in [2.24, 2.45) is 0 Å². The molecule has 2 N–H and O–H groups in total. The first-order chi connectivity index (χ1) is 13.0. The molecular formula is C17H12F2N4O2S2. The zero-order valence-electron chi connectivity index (χ0n) is 13.6. The molecule has 0 radical (unpaired) electrons. The van der Waals surface area contributed by atoms with Crippen LogP contribution < -0.4 is 10.6 Å². The van der Waals surface area contributed by atoms with Gasteiger partial charge in [0.2, 0.25) is 11.0 Å². The average Bonchev–Trinajstić information content (AvgIpc) is 3.07. The SMILES string of the molecule is O=C(CSc1nnc(NC(=O)c2cccc(F)c2)s1)Nc1cccc(F)c1. The van der Waals surface area contributed by atoms with Crippen molar-refractivity contribution in [3.63, 3.8) is 0 Å². The van der Waals surface area contributed by atoms with Crippen molar-refractivity contribution in [3.8, 4) is 0 Å². The van der Waals surface area contributed by atoms with Crippen LogP contribution in [0.5, 0.6) is 0 Å². The van der Waals surface area contributed by atoms with E-state index in [2.05, 4.69) is 20.8 Å². The number of benzene rings is 2. The van der Waals surface area contributed by atoms with Gasteiger partial charge < -0.3 is 5.32 Å². The van der Waals surface area contributed by atoms with Crippen LogP contribution in [-0.4, -0.2) is 27.8 Å². The molecule has 1 aromatic heterocycles. The van der Waals surface area contributed by atoms with E-state index in [4.69, 9.17) is 0 Å². The van der Waals surface area contributed by atoms with Gasteiger partial charge >= 0.3 is 0 Å². The molecule has 27 heavy (non-hydrogen) atoms. The Bertz CT molecular complexity index is 981. The van der Waals surface area contributed by atoms with Crippen molar-refractivity contribution in [1.82, 2.24) is 10.2 Å². The molecule has 0 aliphatic carbocycles. The van der Waals surface area contributed by atoms with E-state index in [1.54, 1.807) is 6.07 Å². The van der Waals surface area contributed by atoms with E-state index in [1.807, 2.05) is 0 Å². The summed E-state index contributed by atoms with van der Waals surface area (Å²) < 4.78 is 26.7. The highest BCUT2D eigenvalue weighted by atomic mass is 32.2. The number of carbonyl (C=O) groups is 2. The number of aromatic nitrogens is 2. The van der Waals surface area contributed by atoms with Gasteiger partial charge in [0.1, 0.15) is 11.6 Å². The van der Waals surface area contributed by atoms with E-state index in [9.17, 15) is 18.4 Å². The van der Waals surface area contributed by atoms with Crippen LogP contribution in [0.4, 0.5) is 19.6 Å². The molecule has 0 aliphatic rings. The number of amides is 2. The van der Waals surface area contributed by atoms with E-state index in [-0.39, 0.29) is 22.4 Å². The maximum absolute atomic E-state index is 13.2. The fourth-order valence-electron chi connectivity index (χ4n) is 2.01. The minimum Gasteiger partial charge on any atom is -0.325 e. The van der Waals surface area contributed by atoms with Crippen molar-refractivity contribution < 1.29 is 18.4 Å². The Balaban J connectivity index is 1.52. The Morgan fingerprint density at radius 3 is 2.48 bits per heavy atom. The first-order valence-corrected chi connectivity index (χ1v) is 9.38. The van der Waals surface area contributed by atoms with Gasteiger partial charge in [-0.3, -0.25) is 14.9 Å². The molecule has 3 rings (SSSR count). The summed E-state index contributed by atoms with van der Waals surface area (Å²) in [5.74, 6) is -1.75. The third kappa shape index (κ3) is 5.56. The van der Waals surface area contributed by atoms with Crippen LogP contribution in [0.2, 0.25) is 0 Å². The van der Waals surface area contributed by atoms with Crippen LogP contribution in [0.1, 0.15) is 10.4 Å². The highest BCUT2D eigenvalue weighted by Crippen LogP contribution is 2.26. The summed E-state index contributed by atoms with van der Waals surface area (Å²) in [5.41, 5.74) is 0.523. The van der Waals surface area contributed by atoms with Gasteiger partial charge in [0.05, 0.1) is 5.75 Å². The molecule has 3 aromatic rings. The Labute approximate surface area is 161 Å². The molecule has 0 saturated heterocycles. The first kappa shape index (κ1) is 18.9. The van der Waals surface area contributed by atoms with E-state index in [0.717, 1.165) is 29.2 Å². The second-order valence-corrected chi connectivity index (χ2v) is 7.38. The fourth-order valence-corrected chi connectivity index (χ4v) is 3.56. The summed E-state index contributed by atoms with van der Waals surface area (Å²) in [7, 11) is 0. The highest BCUT2D eigenvalue weighted by molar-refractivity contribution is 8.01. The molecule has 0 unspecified atom stereocenters. The summed E-state index contributed by atoms with van der Waals surface area (Å²) in [6.07, 6.45) is 0. The number of anilines is 2. The number of rotatable bonds is 6. The van der Waals surface area contributed by atoms with Crippen LogP contribution in [0.25, 0.3) is 0 Å². The van der Waals surface area contributed by atoms with E-state index in [1.165, 1.54) is 36.4 Å². The molecule has 2 amide bonds. The Morgan fingerprint density at radius 1 is 1.00 bits per heavy atom. The molecule has 0 aliphatic heterocycles. The lowest BCUT2D eigenvalue weighted by Crippen LogP contribution is -2.13. The average molecular weight is 406 g/mol. The highest BCUT2D eigenvalue weighted by Gasteiger charge is 2.12. The number of nitrogens with zero attached hydrogens (tertiary/aromatic N) is 2. The number of hydrogen-bond donors (Lipinski definition) is 2. The lowest BCUT2D eigenvalue weighted by molar-refractivity contribution is -0.113. The monoisotopic (exact) mass is 406 g/mol. The van der Waals surface area contributed by atoms with Gasteiger partial charge in [-0.05, 0) is 36.4 Å². The quantitative estimate of drug-likeness (QED) is 0.481. The third-order valence-electron chi connectivity index (χ3n) is 3.15. The molecule has 0 spiro atoms. The summed E-state index contributed by atoms with van der Waals surface area (Å²) in [4.78, 5) is 23.9. The van der Waals surface area contributed by atoms with Crippen molar-refractivity contribution in [2.45, 2.75) is 4.34 Å². The summed E-state index contributed by atoms with van der Waals surface area (Å²) in [5, 5.41) is 13.0. The predicted octanol–water partition coefficient (Wildman–Crippen LogP) is 3.80. The van der Waals surface area contributed by atoms with E-state index in [0.29, 0.717) is 10.0 Å². The van der Waals surface area contributed by atoms with Gasteiger partial charge in [0.15, 0.2) is 4.34 Å². The van der Waals surface area contributed by atoms with Crippen LogP contribution in [-0.2, 0) is 4.79 Å². The van der Waals surface area contributed by atoms with Crippen molar-refractivity contribution in [2.75, 3.05) is 16.4 Å². The second kappa shape index (κ2) is 8.69. The Kier molecular flexibility index (Phi) is 6.09. The van der Waals surface area contributed by atoms with Crippen LogP contribution in [0.3, 0.4) is 0 Å². The number of hydrogen-bond acceptors (Lipinski definition) is 6. The van der Waals surface area contributed by atoms with Crippen molar-refractivity contribution in [3.05, 3.63) is 65.7 Å². The zero-order chi connectivity index (χ0) is 19.2. The minimum atomic E-state index is -0.513. The van der Waals surface area contributed by atoms with Gasteiger partial charge in [-0.1, -0.05) is 35.2 Å². The summed E-state index contributed by atoms with van der Waals surface area (Å²) in [6, 6.07) is 10.8. The van der Waals surface area contributed by atoms with Crippen molar-refractivity contribution in [1.29, 1.82) is 0 Å². The Morgan fingerprint density at radius 2 is 1.74 bits per heavy atom. The second-order valence-electron chi connectivity index (χ2n) is 5.18. The number of nitrogens with one attached hydrogen (secondary N) is 2. The Hall–Kier alpha value is -2.85. The molecule has 2 aromatic carbocycles. The fraction of sp³-hybridized carbons (Fsp3) is 0.0588. The van der Waals surface area contributed by atoms with Gasteiger partial charge in [-0.2, -0.15) is 0 Å². The molecule has 138 valence electrons. The van der Waals surface area contributed by atoms with Crippen LogP contribution in [0, 0.1) is 11.6 Å². The number of thioether (sulfide) groups is 1. The smallest absolute Gasteiger partial charge is 0.257 e. The number of carbonyl (C=O) groups excluding carboxylic acids is 2. The topological polar surface area (TPSA) is 84.0 Å². The van der Waals surface area contributed by atoms with E-state index < -0.39 is 17.5 Å². The number of halogens is 2. The minimum absolute atomic E-state index is 0.0446. The summed E-state index contributed by atoms with van der Waals surface area (Å²) in [6.45, 7) is 0. The van der Waals surface area contributed by atoms with Gasteiger partial charge in [0.25, 0.3) is 5.91 Å². The largest absolute Gasteiger partial charge is 0.325 e. The van der Waals surface area contributed by atoms with Crippen LogP contribution in [0.15, 0.2) is 52.9 Å². The normalized spacial score (nSPS) is 10.4. The maximum atomic E-state index is 13.2. The lowest BCUT2D eigenvalue weighted by Gasteiger charge is -2.03. The molecule has 0 saturated carbocycles. The van der Waals surface area contributed by atoms with Gasteiger partial charge in [0, 0.05) is 11.3 Å². The molecule has 1 heterocycles. The van der Waals surface area contributed by atoms with Gasteiger partial charge in [-0.25, -0.2) is 8.78 Å². The maximum Gasteiger partial charge on any atom is 0.257 e. The van der Waals surface area contributed by atoms with E-state index >= 15 is 0 Å². The van der Waals surface area contributed by atoms with Gasteiger partial charge in [-0.15, -0.1) is 10.2 Å². The first-order valence-electron chi connectivity index (χ1n) is 7.58. The van der Waals surface area contributed by atoms with Crippen LogP contribution >= 0.6 is 23.1 Å². The van der Waals surface area contributed by atoms with Crippen molar-refractivity contribution >= 4 is 45.7 Å². The standard InChI is InChI=1S/C17H12F2N4O2S2/c18-11-4-1-3-10(7-11)15(25)21-16-22-23-17(27-16)26-9-14(24)20-13-6-2-5-12(19)8-13/h1-8H,9H2,(H,20,24)(H,21,22,25). The summed E-state index contributed by atoms with van der Waals surface area (Å²) >= 11 is 2.21. The molecule has 6 nitrogen and oxygen atoms in total. The zero-order valence-corrected chi connectivity index (χ0v) is 15.2. The molecule has 10 heteroatoms.